The van der Waals surface area contributed by atoms with Crippen molar-refractivity contribution in [1.29, 1.82) is 0 Å². The summed E-state index contributed by atoms with van der Waals surface area (Å²) in [4.78, 5) is 43.7. The minimum absolute atomic E-state index is 0.112. The van der Waals surface area contributed by atoms with E-state index in [0.29, 0.717) is 19.3 Å². The smallest absolute Gasteiger partial charge is 0.463 e. The van der Waals surface area contributed by atoms with Crippen LogP contribution in [0.4, 0.5) is 0 Å². The molecule has 5 unspecified atom stereocenters. The summed E-state index contributed by atoms with van der Waals surface area (Å²) in [7, 11) is -9.61. The number of allylic oxidation sites excluding steroid dienone is 18. The Bertz CT molecular complexity index is 1560. The highest BCUT2D eigenvalue weighted by Gasteiger charge is 2.28. The number of hydrogen-bond acceptors (Lipinski definition) is 13. The van der Waals surface area contributed by atoms with Gasteiger partial charge < -0.3 is 34.6 Å². The van der Waals surface area contributed by atoms with Gasteiger partial charge in [0.2, 0.25) is 0 Å². The number of rotatable bonds is 41. The van der Waals surface area contributed by atoms with Gasteiger partial charge in [0, 0.05) is 12.8 Å². The first-order valence-electron chi connectivity index (χ1n) is 22.3. The zero-order chi connectivity index (χ0) is 47.4. The van der Waals surface area contributed by atoms with Crippen molar-refractivity contribution in [2.45, 2.75) is 135 Å². The summed E-state index contributed by atoms with van der Waals surface area (Å²) in [6, 6.07) is 0. The van der Waals surface area contributed by atoms with Gasteiger partial charge in [-0.1, -0.05) is 142 Å². The van der Waals surface area contributed by atoms with Gasteiger partial charge in [-0.25, -0.2) is 9.13 Å². The molecule has 364 valence electrons. The first-order valence-corrected chi connectivity index (χ1v) is 25.3. The molecule has 0 bridgehead atoms. The first-order chi connectivity index (χ1) is 30.8. The van der Waals surface area contributed by atoms with E-state index in [1.54, 1.807) is 0 Å². The summed E-state index contributed by atoms with van der Waals surface area (Å²) in [5, 5.41) is 30.0. The third kappa shape index (κ3) is 43.9. The quantitative estimate of drug-likeness (QED) is 0.0126. The molecule has 0 saturated carbocycles. The number of carbonyl (C=O) groups excluding carboxylic acids is 2. The minimum Gasteiger partial charge on any atom is -0.463 e. The molecular formula is C47H76O15P2. The molecule has 0 aliphatic rings. The van der Waals surface area contributed by atoms with Gasteiger partial charge in [0.15, 0.2) is 0 Å². The van der Waals surface area contributed by atoms with E-state index in [0.717, 1.165) is 70.6 Å². The number of aliphatic hydroxyl groups is 3. The molecule has 0 aliphatic heterocycles. The maximum atomic E-state index is 12.1. The summed E-state index contributed by atoms with van der Waals surface area (Å²) in [5.41, 5.74) is 0. The first kappa shape index (κ1) is 60.7. The van der Waals surface area contributed by atoms with Gasteiger partial charge in [-0.05, 0) is 70.6 Å². The number of carbonyl (C=O) groups is 2. The number of hydrogen-bond donors (Lipinski definition) is 5. The highest BCUT2D eigenvalue weighted by Crippen LogP contribution is 2.45. The van der Waals surface area contributed by atoms with E-state index >= 15 is 0 Å². The van der Waals surface area contributed by atoms with Crippen LogP contribution in [-0.2, 0) is 46.3 Å². The van der Waals surface area contributed by atoms with Crippen LogP contribution in [0.5, 0.6) is 0 Å². The van der Waals surface area contributed by atoms with Gasteiger partial charge in [-0.3, -0.25) is 27.7 Å². The van der Waals surface area contributed by atoms with Gasteiger partial charge in [-0.15, -0.1) is 0 Å². The van der Waals surface area contributed by atoms with Crippen molar-refractivity contribution in [2.24, 2.45) is 0 Å². The van der Waals surface area contributed by atoms with Gasteiger partial charge in [0.25, 0.3) is 0 Å². The number of phosphoric acid groups is 2. The Morgan fingerprint density at radius 1 is 0.422 bits per heavy atom. The molecule has 0 aromatic carbocycles. The highest BCUT2D eigenvalue weighted by atomic mass is 31.2. The lowest BCUT2D eigenvalue weighted by molar-refractivity contribution is -0.148. The molecule has 0 aliphatic carbocycles. The normalized spacial score (nSPS) is 16.2. The Kier molecular flexibility index (Phi) is 40.2. The Hall–Kier alpha value is -3.30. The van der Waals surface area contributed by atoms with Crippen molar-refractivity contribution in [1.82, 2.24) is 0 Å². The minimum atomic E-state index is -4.81. The molecule has 0 aromatic heterocycles. The summed E-state index contributed by atoms with van der Waals surface area (Å²) in [5.74, 6) is -1.08. The molecule has 5 atom stereocenters. The van der Waals surface area contributed by atoms with Crippen LogP contribution in [-0.4, -0.2) is 95.0 Å². The standard InChI is InChI=1S/C47H76O15P2/c1-3-5-7-9-11-13-15-17-19-20-22-24-26-28-30-32-34-36-47(52)58-38-44(49)40-60-64(55,56)62-42-45(50)41-61-63(53,54)59-39-43(48)37-57-46(51)35-33-31-29-27-25-23-21-18-16-14-12-10-8-6-4-2/h5-8,10-14,16-19,21-22,24,28,30,43-45,48-50H,3-4,9,15,20,23,25-27,29,31-42H2,1-2H3,(H,53,54)(H,55,56)/b7-5-,8-6+,12-10+,13-11-,16-14+,19-17-,21-18-,24-22-,30-28-. The molecule has 15 nitrogen and oxygen atoms in total. The van der Waals surface area contributed by atoms with Crippen LogP contribution in [0.15, 0.2) is 109 Å². The van der Waals surface area contributed by atoms with Crippen molar-refractivity contribution in [3.8, 4) is 0 Å². The fourth-order valence-corrected chi connectivity index (χ4v) is 6.49. The van der Waals surface area contributed by atoms with E-state index in [2.05, 4.69) is 92.7 Å². The third-order valence-corrected chi connectivity index (χ3v) is 10.2. The Morgan fingerprint density at radius 2 is 0.766 bits per heavy atom. The van der Waals surface area contributed by atoms with Crippen LogP contribution >= 0.6 is 15.6 Å². The van der Waals surface area contributed by atoms with Crippen LogP contribution in [0.1, 0.15) is 117 Å². The average molecular weight is 943 g/mol. The SMILES string of the molecule is CC/C=C\C/C=C\C/C=C\C/C=C\C/C=C\CCCC(=O)OCC(O)COP(=O)(O)OCC(O)COP(=O)(O)OCC(O)COC(=O)CCCCCCC\C=C/C=C/C=C/C=C/CC. The molecule has 0 rings (SSSR count). The van der Waals surface area contributed by atoms with Crippen molar-refractivity contribution >= 4 is 27.6 Å². The molecule has 0 radical (unpaired) electrons. The van der Waals surface area contributed by atoms with E-state index < -0.39 is 85.5 Å². The lowest BCUT2D eigenvalue weighted by Gasteiger charge is -2.19. The summed E-state index contributed by atoms with van der Waals surface area (Å²) >= 11 is 0. The zero-order valence-corrected chi connectivity index (χ0v) is 39.7. The molecule has 17 heteroatoms. The van der Waals surface area contributed by atoms with Crippen LogP contribution in [0, 0.1) is 0 Å². The second-order valence-electron chi connectivity index (χ2n) is 14.4. The van der Waals surface area contributed by atoms with Gasteiger partial charge >= 0.3 is 27.6 Å². The van der Waals surface area contributed by atoms with E-state index in [-0.39, 0.29) is 12.8 Å². The van der Waals surface area contributed by atoms with E-state index in [1.807, 2.05) is 48.6 Å². The predicted molar refractivity (Wildman–Crippen MR) is 251 cm³/mol. The molecule has 0 aromatic rings. The third-order valence-electron chi connectivity index (χ3n) is 8.32. The number of unbranched alkanes of at least 4 members (excludes halogenated alkanes) is 6. The van der Waals surface area contributed by atoms with E-state index in [4.69, 9.17) is 9.47 Å². The zero-order valence-electron chi connectivity index (χ0n) is 37.9. The number of ether oxygens (including phenoxy) is 2. The fraction of sp³-hybridized carbons (Fsp3) is 0.574. The van der Waals surface area contributed by atoms with Crippen LogP contribution in [0.2, 0.25) is 0 Å². The van der Waals surface area contributed by atoms with E-state index in [1.165, 1.54) is 0 Å². The fourth-order valence-electron chi connectivity index (χ4n) is 4.90. The highest BCUT2D eigenvalue weighted by molar-refractivity contribution is 7.47. The van der Waals surface area contributed by atoms with Crippen molar-refractivity contribution in [3.63, 3.8) is 0 Å². The van der Waals surface area contributed by atoms with Gasteiger partial charge in [0.05, 0.1) is 26.4 Å². The summed E-state index contributed by atoms with van der Waals surface area (Å²) in [6.07, 6.45) is 45.2. The molecule has 0 saturated heterocycles. The number of esters is 2. The molecule has 5 N–H and O–H groups in total. The second kappa shape index (κ2) is 42.3. The molecule has 64 heavy (non-hydrogen) atoms. The monoisotopic (exact) mass is 942 g/mol. The Balaban J connectivity index is 4.02. The van der Waals surface area contributed by atoms with E-state index in [9.17, 15) is 43.8 Å². The molecule has 0 spiro atoms. The van der Waals surface area contributed by atoms with Gasteiger partial charge in [0.1, 0.15) is 31.5 Å². The lowest BCUT2D eigenvalue weighted by Crippen LogP contribution is -2.25. The maximum Gasteiger partial charge on any atom is 0.472 e. The van der Waals surface area contributed by atoms with Crippen molar-refractivity contribution < 1.29 is 71.4 Å². The maximum absolute atomic E-state index is 12.1. The van der Waals surface area contributed by atoms with Crippen molar-refractivity contribution in [2.75, 3.05) is 39.6 Å². The Labute approximate surface area is 381 Å². The number of aliphatic hydroxyl groups excluding tert-OH is 3. The lowest BCUT2D eigenvalue weighted by atomic mass is 10.1. The molecule has 0 amide bonds. The summed E-state index contributed by atoms with van der Waals surface area (Å²) < 4.78 is 52.8. The number of phosphoric ester groups is 2. The predicted octanol–water partition coefficient (Wildman–Crippen LogP) is 9.71. The van der Waals surface area contributed by atoms with Crippen LogP contribution in [0.3, 0.4) is 0 Å². The topological polar surface area (TPSA) is 225 Å². The summed E-state index contributed by atoms with van der Waals surface area (Å²) in [6.45, 7) is 0.0204. The average Bonchev–Trinajstić information content (AvgIpc) is 3.27. The van der Waals surface area contributed by atoms with Crippen molar-refractivity contribution in [3.05, 3.63) is 109 Å². The second-order valence-corrected chi connectivity index (χ2v) is 17.3. The molecule has 0 heterocycles. The van der Waals surface area contributed by atoms with Crippen LogP contribution in [0.25, 0.3) is 0 Å². The molecular weight excluding hydrogens is 866 g/mol. The van der Waals surface area contributed by atoms with Gasteiger partial charge in [-0.2, -0.15) is 0 Å². The van der Waals surface area contributed by atoms with Crippen LogP contribution < -0.4 is 0 Å². The molecule has 0 fully saturated rings. The Morgan fingerprint density at radius 3 is 1.23 bits per heavy atom. The largest absolute Gasteiger partial charge is 0.472 e.